The molecule has 1 aliphatic heterocycles. The number of amides is 1. The average molecular weight is 446 g/mol. The molecule has 2 heterocycles. The van der Waals surface area contributed by atoms with E-state index in [1.807, 2.05) is 30.3 Å². The number of nitrogens with zero attached hydrogens (tertiary/aromatic N) is 3. The molecule has 9 nitrogen and oxygen atoms in total. The zero-order chi connectivity index (χ0) is 23.2. The highest BCUT2D eigenvalue weighted by Crippen LogP contribution is 2.26. The molecule has 9 heteroatoms. The summed E-state index contributed by atoms with van der Waals surface area (Å²) in [6.07, 6.45) is 3.10. The second-order valence-electron chi connectivity index (χ2n) is 7.82. The maximum absolute atomic E-state index is 12.0. The maximum Gasteiger partial charge on any atom is 0.236 e. The van der Waals surface area contributed by atoms with Crippen LogP contribution < -0.4 is 21.5 Å². The number of nitrogen functional groups attached to an aromatic ring is 1. The van der Waals surface area contributed by atoms with Gasteiger partial charge in [-0.25, -0.2) is 9.97 Å². The number of para-hydroxylation sites is 1. The Bertz CT molecular complexity index is 1120. The molecule has 0 bridgehead atoms. The molecule has 0 aliphatic carbocycles. The molecule has 2 aromatic carbocycles. The first kappa shape index (κ1) is 22.2. The quantitative estimate of drug-likeness (QED) is 0.409. The third-order valence-corrected chi connectivity index (χ3v) is 5.54. The molecule has 1 aliphatic rings. The van der Waals surface area contributed by atoms with Crippen LogP contribution >= 0.6 is 0 Å². The lowest BCUT2D eigenvalue weighted by molar-refractivity contribution is -0.130. The van der Waals surface area contributed by atoms with Gasteiger partial charge >= 0.3 is 0 Å². The number of nitrogens with two attached hydrogens (primary N) is 2. The number of ether oxygens (including phenoxy) is 1. The highest BCUT2D eigenvalue weighted by Gasteiger charge is 2.25. The van der Waals surface area contributed by atoms with Gasteiger partial charge in [0.05, 0.1) is 17.8 Å². The van der Waals surface area contributed by atoms with Crippen molar-refractivity contribution in [3.63, 3.8) is 0 Å². The van der Waals surface area contributed by atoms with Gasteiger partial charge in [0.1, 0.15) is 29.5 Å². The van der Waals surface area contributed by atoms with Gasteiger partial charge in [-0.15, -0.1) is 0 Å². The van der Waals surface area contributed by atoms with Crippen LogP contribution in [0.1, 0.15) is 24.0 Å². The van der Waals surface area contributed by atoms with Gasteiger partial charge in [-0.3, -0.25) is 10.2 Å². The van der Waals surface area contributed by atoms with Crippen LogP contribution in [0.3, 0.4) is 0 Å². The Morgan fingerprint density at radius 1 is 1.12 bits per heavy atom. The Labute approximate surface area is 192 Å². The molecular formula is C24H27N7O2. The molecular weight excluding hydrogens is 418 g/mol. The number of nitrogens with one attached hydrogen (secondary N) is 2. The van der Waals surface area contributed by atoms with Gasteiger partial charge in [0.25, 0.3) is 0 Å². The monoisotopic (exact) mass is 445 g/mol. The fourth-order valence-electron chi connectivity index (χ4n) is 3.86. The van der Waals surface area contributed by atoms with Crippen molar-refractivity contribution in [3.8, 4) is 11.5 Å². The molecule has 3 aromatic rings. The maximum atomic E-state index is 12.0. The molecule has 1 fully saturated rings. The summed E-state index contributed by atoms with van der Waals surface area (Å²) < 4.78 is 5.83. The van der Waals surface area contributed by atoms with Crippen LogP contribution in [0.2, 0.25) is 0 Å². The standard InChI is InChI=1S/C24H27N7O2/c25-13-20(32)31-12-4-5-17(14-31)30-24-21(23(27)28-15-29-24)22(26)16-8-10-19(11-9-16)33-18-6-2-1-3-7-18/h1-3,6-11,15,17,26H,4-5,12-14,25H2,(H3,27,28,29,30). The summed E-state index contributed by atoms with van der Waals surface area (Å²) in [6.45, 7) is 1.21. The first-order chi connectivity index (χ1) is 16.0. The molecule has 1 atom stereocenters. The lowest BCUT2D eigenvalue weighted by Crippen LogP contribution is -2.47. The van der Waals surface area contributed by atoms with E-state index in [9.17, 15) is 4.79 Å². The summed E-state index contributed by atoms with van der Waals surface area (Å²) in [5.41, 5.74) is 13.0. The number of anilines is 2. The molecule has 1 aromatic heterocycles. The molecule has 1 saturated heterocycles. The fourth-order valence-corrected chi connectivity index (χ4v) is 3.86. The van der Waals surface area contributed by atoms with Crippen molar-refractivity contribution < 1.29 is 9.53 Å². The van der Waals surface area contributed by atoms with Crippen molar-refractivity contribution in [3.05, 3.63) is 72.1 Å². The average Bonchev–Trinajstić information content (AvgIpc) is 2.84. The Hall–Kier alpha value is -3.98. The SMILES string of the molecule is N=C(c1ccc(Oc2ccccc2)cc1)c1c(N)ncnc1NC1CCCN(C(=O)CN)C1. The van der Waals surface area contributed by atoms with E-state index < -0.39 is 0 Å². The largest absolute Gasteiger partial charge is 0.457 e. The Kier molecular flexibility index (Phi) is 6.80. The van der Waals surface area contributed by atoms with E-state index in [-0.39, 0.29) is 30.0 Å². The number of carbonyl (C=O) groups excluding carboxylic acids is 1. The van der Waals surface area contributed by atoms with Gasteiger partial charge in [0.15, 0.2) is 0 Å². The normalized spacial score (nSPS) is 15.7. The van der Waals surface area contributed by atoms with Gasteiger partial charge in [-0.05, 0) is 49.2 Å². The lowest BCUT2D eigenvalue weighted by atomic mass is 10.0. The summed E-state index contributed by atoms with van der Waals surface area (Å²) >= 11 is 0. The molecule has 1 amide bonds. The number of rotatable bonds is 7. The number of hydrogen-bond acceptors (Lipinski definition) is 8. The van der Waals surface area contributed by atoms with Crippen molar-refractivity contribution in [2.75, 3.05) is 30.7 Å². The first-order valence-corrected chi connectivity index (χ1v) is 10.8. The second-order valence-corrected chi connectivity index (χ2v) is 7.82. The third-order valence-electron chi connectivity index (χ3n) is 5.54. The minimum atomic E-state index is -0.0746. The third kappa shape index (κ3) is 5.27. The predicted octanol–water partition coefficient (Wildman–Crippen LogP) is 2.63. The summed E-state index contributed by atoms with van der Waals surface area (Å²) in [6, 6.07) is 16.7. The van der Waals surface area contributed by atoms with Crippen molar-refractivity contribution >= 4 is 23.3 Å². The number of benzene rings is 2. The van der Waals surface area contributed by atoms with Crippen LogP contribution in [-0.4, -0.2) is 52.2 Å². The fraction of sp³-hybridized carbons (Fsp3) is 0.250. The van der Waals surface area contributed by atoms with E-state index in [4.69, 9.17) is 21.6 Å². The number of piperidine rings is 1. The zero-order valence-electron chi connectivity index (χ0n) is 18.2. The molecule has 0 saturated carbocycles. The Morgan fingerprint density at radius 2 is 1.85 bits per heavy atom. The zero-order valence-corrected chi connectivity index (χ0v) is 18.2. The second kappa shape index (κ2) is 10.1. The van der Waals surface area contributed by atoms with Crippen LogP contribution in [0.4, 0.5) is 11.6 Å². The van der Waals surface area contributed by atoms with Gasteiger partial charge in [-0.1, -0.05) is 18.2 Å². The predicted molar refractivity (Wildman–Crippen MR) is 128 cm³/mol. The summed E-state index contributed by atoms with van der Waals surface area (Å²) in [5.74, 6) is 2.02. The number of aromatic nitrogens is 2. The summed E-state index contributed by atoms with van der Waals surface area (Å²) in [4.78, 5) is 22.2. The molecule has 33 heavy (non-hydrogen) atoms. The van der Waals surface area contributed by atoms with Crippen LogP contribution in [0, 0.1) is 5.41 Å². The van der Waals surface area contributed by atoms with Gasteiger partial charge < -0.3 is 26.4 Å². The molecule has 4 rings (SSSR count). The van der Waals surface area contributed by atoms with E-state index in [1.54, 1.807) is 29.2 Å². The highest BCUT2D eigenvalue weighted by molar-refractivity contribution is 6.16. The number of likely N-dealkylation sites (tertiary alicyclic amines) is 1. The number of carbonyl (C=O) groups is 1. The van der Waals surface area contributed by atoms with E-state index in [1.165, 1.54) is 6.33 Å². The minimum absolute atomic E-state index is 0.00689. The molecule has 0 spiro atoms. The van der Waals surface area contributed by atoms with Crippen molar-refractivity contribution in [2.24, 2.45) is 5.73 Å². The molecule has 0 radical (unpaired) electrons. The Morgan fingerprint density at radius 3 is 2.58 bits per heavy atom. The molecule has 170 valence electrons. The van der Waals surface area contributed by atoms with Crippen molar-refractivity contribution in [1.29, 1.82) is 5.41 Å². The van der Waals surface area contributed by atoms with Crippen LogP contribution in [0.25, 0.3) is 0 Å². The summed E-state index contributed by atoms with van der Waals surface area (Å²) in [7, 11) is 0. The van der Waals surface area contributed by atoms with Gasteiger partial charge in [-0.2, -0.15) is 0 Å². The highest BCUT2D eigenvalue weighted by atomic mass is 16.5. The van der Waals surface area contributed by atoms with Gasteiger partial charge in [0, 0.05) is 24.7 Å². The Balaban J connectivity index is 1.52. The van der Waals surface area contributed by atoms with Crippen LogP contribution in [0.5, 0.6) is 11.5 Å². The van der Waals surface area contributed by atoms with E-state index >= 15 is 0 Å². The number of hydrogen-bond donors (Lipinski definition) is 4. The lowest BCUT2D eigenvalue weighted by Gasteiger charge is -2.33. The van der Waals surface area contributed by atoms with Gasteiger partial charge in [0.2, 0.25) is 5.91 Å². The van der Waals surface area contributed by atoms with Crippen molar-refractivity contribution in [2.45, 2.75) is 18.9 Å². The minimum Gasteiger partial charge on any atom is -0.457 e. The van der Waals surface area contributed by atoms with E-state index in [2.05, 4.69) is 15.3 Å². The van der Waals surface area contributed by atoms with Crippen molar-refractivity contribution in [1.82, 2.24) is 14.9 Å². The van der Waals surface area contributed by atoms with E-state index in [0.29, 0.717) is 35.8 Å². The molecule has 1 unspecified atom stereocenters. The van der Waals surface area contributed by atoms with Crippen LogP contribution in [-0.2, 0) is 4.79 Å². The molecule has 6 N–H and O–H groups in total. The topological polar surface area (TPSA) is 143 Å². The smallest absolute Gasteiger partial charge is 0.236 e. The summed E-state index contributed by atoms with van der Waals surface area (Å²) in [5, 5.41) is 12.1. The first-order valence-electron chi connectivity index (χ1n) is 10.8. The van der Waals surface area contributed by atoms with E-state index in [0.717, 1.165) is 18.6 Å². The van der Waals surface area contributed by atoms with Crippen LogP contribution in [0.15, 0.2) is 60.9 Å².